The van der Waals surface area contributed by atoms with Gasteiger partial charge in [0.2, 0.25) is 0 Å². The van der Waals surface area contributed by atoms with E-state index in [-0.39, 0.29) is 11.9 Å². The maximum atomic E-state index is 12.7. The van der Waals surface area contributed by atoms with Gasteiger partial charge in [-0.05, 0) is 48.2 Å². The standard InChI is InChI=1S/C20H17Cl2NOS/c1-13(15-7-3-2-4-8-15)23-20(24)19-16(12-18(22)25-19)10-14-6-5-9-17(21)11-14/h2-9,11-13H,10H2,1H3,(H,23,24). The third-order valence-corrected chi connectivity index (χ3v) is 5.46. The minimum absolute atomic E-state index is 0.0754. The second kappa shape index (κ2) is 8.05. The first-order chi connectivity index (χ1) is 12.0. The van der Waals surface area contributed by atoms with Crippen LogP contribution in [0.5, 0.6) is 0 Å². The van der Waals surface area contributed by atoms with Gasteiger partial charge in [-0.3, -0.25) is 4.79 Å². The summed E-state index contributed by atoms with van der Waals surface area (Å²) in [5.41, 5.74) is 3.03. The van der Waals surface area contributed by atoms with E-state index in [0.717, 1.165) is 16.7 Å². The van der Waals surface area contributed by atoms with Crippen LogP contribution in [0.3, 0.4) is 0 Å². The van der Waals surface area contributed by atoms with E-state index in [9.17, 15) is 4.79 Å². The first kappa shape index (κ1) is 18.0. The molecule has 0 aliphatic rings. The fourth-order valence-corrected chi connectivity index (χ4v) is 4.06. The van der Waals surface area contributed by atoms with Crippen molar-refractivity contribution in [3.05, 3.63) is 91.6 Å². The minimum Gasteiger partial charge on any atom is -0.345 e. The molecular weight excluding hydrogens is 373 g/mol. The van der Waals surface area contributed by atoms with Crippen molar-refractivity contribution in [1.29, 1.82) is 0 Å². The minimum atomic E-state index is -0.106. The lowest BCUT2D eigenvalue weighted by atomic mass is 10.0. The summed E-state index contributed by atoms with van der Waals surface area (Å²) in [6.45, 7) is 1.97. The summed E-state index contributed by atoms with van der Waals surface area (Å²) in [4.78, 5) is 13.4. The molecule has 1 amide bonds. The van der Waals surface area contributed by atoms with E-state index in [2.05, 4.69) is 5.32 Å². The molecular formula is C20H17Cl2NOS. The van der Waals surface area contributed by atoms with Gasteiger partial charge in [-0.1, -0.05) is 65.7 Å². The number of carbonyl (C=O) groups is 1. The molecule has 3 aromatic rings. The highest BCUT2D eigenvalue weighted by Gasteiger charge is 2.18. The predicted molar refractivity (Wildman–Crippen MR) is 106 cm³/mol. The van der Waals surface area contributed by atoms with Crippen LogP contribution in [0.1, 0.15) is 39.3 Å². The van der Waals surface area contributed by atoms with Crippen LogP contribution in [0.2, 0.25) is 9.36 Å². The summed E-state index contributed by atoms with van der Waals surface area (Å²) in [6.07, 6.45) is 0.617. The van der Waals surface area contributed by atoms with Gasteiger partial charge >= 0.3 is 0 Å². The number of carbonyl (C=O) groups excluding carboxylic acids is 1. The Morgan fingerprint density at radius 1 is 1.08 bits per heavy atom. The first-order valence-corrected chi connectivity index (χ1v) is 9.48. The number of thiophene rings is 1. The Balaban J connectivity index is 1.79. The number of amides is 1. The molecule has 0 aliphatic heterocycles. The van der Waals surface area contributed by atoms with Crippen LogP contribution in [0.4, 0.5) is 0 Å². The highest BCUT2D eigenvalue weighted by molar-refractivity contribution is 7.18. The molecule has 5 heteroatoms. The topological polar surface area (TPSA) is 29.1 Å². The van der Waals surface area contributed by atoms with Crippen molar-refractivity contribution >= 4 is 40.4 Å². The molecule has 1 unspecified atom stereocenters. The van der Waals surface area contributed by atoms with Crippen molar-refractivity contribution in [1.82, 2.24) is 5.32 Å². The summed E-state index contributed by atoms with van der Waals surface area (Å²) in [5.74, 6) is -0.106. The molecule has 1 N–H and O–H groups in total. The maximum Gasteiger partial charge on any atom is 0.262 e. The molecule has 128 valence electrons. The second-order valence-electron chi connectivity index (χ2n) is 5.82. The summed E-state index contributed by atoms with van der Waals surface area (Å²) in [6, 6.07) is 19.3. The molecule has 1 heterocycles. The van der Waals surface area contributed by atoms with Gasteiger partial charge in [-0.25, -0.2) is 0 Å². The molecule has 2 nitrogen and oxygen atoms in total. The monoisotopic (exact) mass is 389 g/mol. The van der Waals surface area contributed by atoms with Gasteiger partial charge in [-0.2, -0.15) is 0 Å². The number of rotatable bonds is 5. The molecule has 0 radical (unpaired) electrons. The highest BCUT2D eigenvalue weighted by Crippen LogP contribution is 2.29. The third-order valence-electron chi connectivity index (χ3n) is 3.92. The van der Waals surface area contributed by atoms with Gasteiger partial charge in [0, 0.05) is 5.02 Å². The normalized spacial score (nSPS) is 12.0. The smallest absolute Gasteiger partial charge is 0.262 e. The summed E-state index contributed by atoms with van der Waals surface area (Å²) < 4.78 is 0.606. The average Bonchev–Trinajstić information content (AvgIpc) is 2.96. The number of hydrogen-bond acceptors (Lipinski definition) is 2. The van der Waals surface area contributed by atoms with Gasteiger partial charge in [-0.15, -0.1) is 11.3 Å². The Labute approximate surface area is 161 Å². The third kappa shape index (κ3) is 4.63. The van der Waals surface area contributed by atoms with Crippen molar-refractivity contribution in [2.24, 2.45) is 0 Å². The van der Waals surface area contributed by atoms with Crippen molar-refractivity contribution in [3.63, 3.8) is 0 Å². The number of nitrogens with one attached hydrogen (secondary N) is 1. The lowest BCUT2D eigenvalue weighted by molar-refractivity contribution is 0.0943. The number of hydrogen-bond donors (Lipinski definition) is 1. The molecule has 0 spiro atoms. The van der Waals surface area contributed by atoms with Crippen LogP contribution in [0.15, 0.2) is 60.7 Å². The highest BCUT2D eigenvalue weighted by atomic mass is 35.5. The van der Waals surface area contributed by atoms with Crippen LogP contribution < -0.4 is 5.32 Å². The lowest BCUT2D eigenvalue weighted by Crippen LogP contribution is -2.26. The van der Waals surface area contributed by atoms with Crippen molar-refractivity contribution in [3.8, 4) is 0 Å². The van der Waals surface area contributed by atoms with Gasteiger partial charge < -0.3 is 5.32 Å². The van der Waals surface area contributed by atoms with Gasteiger partial charge in [0.15, 0.2) is 0 Å². The van der Waals surface area contributed by atoms with Crippen LogP contribution in [-0.2, 0) is 6.42 Å². The SMILES string of the molecule is CC(NC(=O)c1sc(Cl)cc1Cc1cccc(Cl)c1)c1ccccc1. The zero-order chi connectivity index (χ0) is 17.8. The fraction of sp³-hybridized carbons (Fsp3) is 0.150. The lowest BCUT2D eigenvalue weighted by Gasteiger charge is -2.14. The van der Waals surface area contributed by atoms with E-state index in [4.69, 9.17) is 23.2 Å². The van der Waals surface area contributed by atoms with Gasteiger partial charge in [0.05, 0.1) is 15.3 Å². The zero-order valence-electron chi connectivity index (χ0n) is 13.6. The van der Waals surface area contributed by atoms with Crippen LogP contribution in [-0.4, -0.2) is 5.91 Å². The largest absolute Gasteiger partial charge is 0.345 e. The Kier molecular flexibility index (Phi) is 5.79. The summed E-state index contributed by atoms with van der Waals surface area (Å²) >= 11 is 13.5. The van der Waals surface area contributed by atoms with Crippen LogP contribution in [0, 0.1) is 0 Å². The Morgan fingerprint density at radius 3 is 2.56 bits per heavy atom. The quantitative estimate of drug-likeness (QED) is 0.557. The van der Waals surface area contributed by atoms with E-state index in [1.165, 1.54) is 11.3 Å². The predicted octanol–water partition coefficient (Wildman–Crippen LogP) is 6.14. The Bertz CT molecular complexity index is 876. The van der Waals surface area contributed by atoms with Gasteiger partial charge in [0.1, 0.15) is 0 Å². The van der Waals surface area contributed by atoms with Crippen molar-refractivity contribution < 1.29 is 4.79 Å². The Hall–Kier alpha value is -1.81. The van der Waals surface area contributed by atoms with Crippen LogP contribution in [0.25, 0.3) is 0 Å². The Morgan fingerprint density at radius 2 is 1.84 bits per heavy atom. The molecule has 0 saturated heterocycles. The van der Waals surface area contributed by atoms with Crippen molar-refractivity contribution in [2.75, 3.05) is 0 Å². The molecule has 1 atom stereocenters. The number of halogens is 2. The van der Waals surface area contributed by atoms with E-state index in [1.54, 1.807) is 0 Å². The molecule has 3 rings (SSSR count). The van der Waals surface area contributed by atoms with Crippen molar-refractivity contribution in [2.45, 2.75) is 19.4 Å². The molecule has 2 aromatic carbocycles. The molecule has 0 bridgehead atoms. The van der Waals surface area contributed by atoms with E-state index in [0.29, 0.717) is 20.7 Å². The summed E-state index contributed by atoms with van der Waals surface area (Å²) in [7, 11) is 0. The van der Waals surface area contributed by atoms with E-state index < -0.39 is 0 Å². The van der Waals surface area contributed by atoms with E-state index in [1.807, 2.05) is 67.6 Å². The van der Waals surface area contributed by atoms with Gasteiger partial charge in [0.25, 0.3) is 5.91 Å². The average molecular weight is 390 g/mol. The maximum absolute atomic E-state index is 12.7. The van der Waals surface area contributed by atoms with E-state index >= 15 is 0 Å². The fourth-order valence-electron chi connectivity index (χ4n) is 2.67. The molecule has 0 saturated carbocycles. The second-order valence-corrected chi connectivity index (χ2v) is 7.94. The molecule has 25 heavy (non-hydrogen) atoms. The number of benzene rings is 2. The zero-order valence-corrected chi connectivity index (χ0v) is 16.0. The summed E-state index contributed by atoms with van der Waals surface area (Å²) in [5, 5.41) is 3.73. The molecule has 1 aromatic heterocycles. The molecule has 0 aliphatic carbocycles. The first-order valence-electron chi connectivity index (χ1n) is 7.91. The molecule has 0 fully saturated rings. The van der Waals surface area contributed by atoms with Crippen LogP contribution >= 0.6 is 34.5 Å².